The highest BCUT2D eigenvalue weighted by Gasteiger charge is 2.29. The van der Waals surface area contributed by atoms with Crippen molar-refractivity contribution in [3.63, 3.8) is 0 Å². The van der Waals surface area contributed by atoms with E-state index in [0.717, 1.165) is 5.56 Å². The molecule has 1 aliphatic carbocycles. The molecule has 1 saturated carbocycles. The number of carbonyl (C=O) groups excluding carboxylic acids is 1. The number of pyridine rings is 1. The zero-order valence-corrected chi connectivity index (χ0v) is 10.7. The second-order valence-corrected chi connectivity index (χ2v) is 4.97. The molecule has 5 heteroatoms. The molecule has 0 saturated heterocycles. The Hall–Kier alpha value is -1.91. The molecule has 2 N–H and O–H groups in total. The predicted molar refractivity (Wildman–Crippen MR) is 69.2 cm³/mol. The molecule has 2 rings (SSSR count). The largest absolute Gasteiger partial charge is 0.481 e. The van der Waals surface area contributed by atoms with Crippen LogP contribution in [0.5, 0.6) is 0 Å². The molecule has 0 radical (unpaired) electrons. The van der Waals surface area contributed by atoms with E-state index >= 15 is 0 Å². The van der Waals surface area contributed by atoms with Gasteiger partial charge in [0, 0.05) is 24.9 Å². The molecule has 0 atom stereocenters. The molecule has 19 heavy (non-hydrogen) atoms. The topological polar surface area (TPSA) is 79.3 Å². The molecule has 0 spiro atoms. The Morgan fingerprint density at radius 1 is 1.26 bits per heavy atom. The van der Waals surface area contributed by atoms with Crippen LogP contribution >= 0.6 is 0 Å². The second kappa shape index (κ2) is 6.31. The molecule has 0 bridgehead atoms. The van der Waals surface area contributed by atoms with Crippen molar-refractivity contribution in [1.29, 1.82) is 0 Å². The lowest BCUT2D eigenvalue weighted by molar-refractivity contribution is -0.144. The van der Waals surface area contributed by atoms with Crippen LogP contribution in [0.2, 0.25) is 0 Å². The molecular formula is C14H18N2O3. The highest BCUT2D eigenvalue weighted by molar-refractivity contribution is 5.79. The van der Waals surface area contributed by atoms with Gasteiger partial charge in [-0.25, -0.2) is 0 Å². The smallest absolute Gasteiger partial charge is 0.306 e. The van der Waals surface area contributed by atoms with Gasteiger partial charge >= 0.3 is 5.97 Å². The van der Waals surface area contributed by atoms with Gasteiger partial charge in [0.2, 0.25) is 5.91 Å². The highest BCUT2D eigenvalue weighted by Crippen LogP contribution is 2.29. The average Bonchev–Trinajstić information content (AvgIpc) is 2.46. The van der Waals surface area contributed by atoms with Gasteiger partial charge in [-0.3, -0.25) is 14.6 Å². The zero-order chi connectivity index (χ0) is 13.7. The maximum atomic E-state index is 12.0. The number of hydrogen-bond acceptors (Lipinski definition) is 3. The van der Waals surface area contributed by atoms with Crippen molar-refractivity contribution in [3.8, 4) is 0 Å². The number of carboxylic acid groups (broad SMARTS) is 1. The van der Waals surface area contributed by atoms with E-state index in [9.17, 15) is 9.59 Å². The predicted octanol–water partition coefficient (Wildman–Crippen LogP) is 1.59. The zero-order valence-electron chi connectivity index (χ0n) is 10.7. The molecule has 0 unspecified atom stereocenters. The number of carboxylic acids is 1. The van der Waals surface area contributed by atoms with E-state index in [1.165, 1.54) is 0 Å². The number of nitrogens with zero attached hydrogens (tertiary/aromatic N) is 1. The lowest BCUT2D eigenvalue weighted by Gasteiger charge is -2.25. The lowest BCUT2D eigenvalue weighted by atomic mass is 9.81. The summed E-state index contributed by atoms with van der Waals surface area (Å²) >= 11 is 0. The molecule has 102 valence electrons. The van der Waals surface area contributed by atoms with Gasteiger partial charge in [0.15, 0.2) is 0 Å². The van der Waals surface area contributed by atoms with Gasteiger partial charge in [0.25, 0.3) is 0 Å². The Bertz CT molecular complexity index is 439. The summed E-state index contributed by atoms with van der Waals surface area (Å²) in [5.74, 6) is -1.04. The van der Waals surface area contributed by atoms with Gasteiger partial charge in [-0.1, -0.05) is 6.07 Å². The van der Waals surface area contributed by atoms with Crippen LogP contribution < -0.4 is 5.32 Å². The number of nitrogens with one attached hydrogen (secondary N) is 1. The fraction of sp³-hybridized carbons (Fsp3) is 0.500. The molecule has 1 aromatic rings. The summed E-state index contributed by atoms with van der Waals surface area (Å²) in [6, 6.07) is 3.74. The minimum Gasteiger partial charge on any atom is -0.481 e. The summed E-state index contributed by atoms with van der Waals surface area (Å²) in [5.41, 5.74) is 0.968. The fourth-order valence-corrected chi connectivity index (χ4v) is 2.44. The number of rotatable bonds is 4. The number of hydrogen-bond donors (Lipinski definition) is 2. The van der Waals surface area contributed by atoms with Crippen molar-refractivity contribution < 1.29 is 14.7 Å². The van der Waals surface area contributed by atoms with Gasteiger partial charge in [-0.2, -0.15) is 0 Å². The quantitative estimate of drug-likeness (QED) is 0.863. The minimum absolute atomic E-state index is 0.0210. The van der Waals surface area contributed by atoms with E-state index < -0.39 is 5.97 Å². The van der Waals surface area contributed by atoms with E-state index in [1.54, 1.807) is 12.4 Å². The third-order valence-electron chi connectivity index (χ3n) is 3.64. The van der Waals surface area contributed by atoms with E-state index in [1.807, 2.05) is 12.1 Å². The Morgan fingerprint density at radius 2 is 1.95 bits per heavy atom. The van der Waals surface area contributed by atoms with E-state index in [4.69, 9.17) is 5.11 Å². The molecule has 0 aliphatic heterocycles. The Balaban J connectivity index is 1.77. The first-order valence-corrected chi connectivity index (χ1v) is 6.56. The van der Waals surface area contributed by atoms with Gasteiger partial charge in [-0.05, 0) is 37.3 Å². The second-order valence-electron chi connectivity index (χ2n) is 4.97. The van der Waals surface area contributed by atoms with Crippen LogP contribution in [0.15, 0.2) is 24.5 Å². The Labute approximate surface area is 112 Å². The van der Waals surface area contributed by atoms with E-state index in [0.29, 0.717) is 32.2 Å². The average molecular weight is 262 g/mol. The van der Waals surface area contributed by atoms with Crippen LogP contribution in [-0.2, 0) is 16.1 Å². The summed E-state index contributed by atoms with van der Waals surface area (Å²) in [4.78, 5) is 26.8. The molecule has 1 heterocycles. The summed E-state index contributed by atoms with van der Waals surface area (Å²) in [7, 11) is 0. The van der Waals surface area contributed by atoms with Crippen LogP contribution in [0, 0.1) is 11.8 Å². The van der Waals surface area contributed by atoms with Crippen LogP contribution in [0.4, 0.5) is 0 Å². The normalized spacial score (nSPS) is 22.7. The molecule has 1 amide bonds. The highest BCUT2D eigenvalue weighted by atomic mass is 16.4. The maximum Gasteiger partial charge on any atom is 0.306 e. The number of carbonyl (C=O) groups is 2. The van der Waals surface area contributed by atoms with Crippen molar-refractivity contribution in [1.82, 2.24) is 10.3 Å². The molecule has 1 aliphatic rings. The first kappa shape index (κ1) is 13.5. The Kier molecular flexibility index (Phi) is 4.49. The molecule has 0 aromatic carbocycles. The van der Waals surface area contributed by atoms with Crippen LogP contribution in [0.1, 0.15) is 31.2 Å². The van der Waals surface area contributed by atoms with E-state index in [-0.39, 0.29) is 17.7 Å². The summed E-state index contributed by atoms with van der Waals surface area (Å²) in [5, 5.41) is 11.8. The molecule has 5 nitrogen and oxygen atoms in total. The fourth-order valence-electron chi connectivity index (χ4n) is 2.44. The standard InChI is InChI=1S/C14H18N2O3/c17-13(16-9-10-2-1-7-15-8-10)11-3-5-12(6-4-11)14(18)19/h1-2,7-8,11-12H,3-6,9H2,(H,16,17)(H,18,19). The van der Waals surface area contributed by atoms with Gasteiger partial charge in [0.05, 0.1) is 5.92 Å². The van der Waals surface area contributed by atoms with Crippen LogP contribution in [0.3, 0.4) is 0 Å². The third-order valence-corrected chi connectivity index (χ3v) is 3.64. The summed E-state index contributed by atoms with van der Waals surface area (Å²) in [6.45, 7) is 0.478. The van der Waals surface area contributed by atoms with Crippen LogP contribution in [-0.4, -0.2) is 22.0 Å². The van der Waals surface area contributed by atoms with Crippen molar-refractivity contribution in [2.45, 2.75) is 32.2 Å². The first-order valence-electron chi connectivity index (χ1n) is 6.56. The van der Waals surface area contributed by atoms with Crippen molar-refractivity contribution in [2.75, 3.05) is 0 Å². The van der Waals surface area contributed by atoms with Gasteiger partial charge in [-0.15, -0.1) is 0 Å². The summed E-state index contributed by atoms with van der Waals surface area (Å²) < 4.78 is 0. The monoisotopic (exact) mass is 262 g/mol. The maximum absolute atomic E-state index is 12.0. The number of aliphatic carboxylic acids is 1. The summed E-state index contributed by atoms with van der Waals surface area (Å²) in [6.07, 6.45) is 5.94. The molecular weight excluding hydrogens is 244 g/mol. The minimum atomic E-state index is -0.741. The van der Waals surface area contributed by atoms with Gasteiger partial charge in [0.1, 0.15) is 0 Å². The van der Waals surface area contributed by atoms with Gasteiger partial charge < -0.3 is 10.4 Å². The van der Waals surface area contributed by atoms with Crippen molar-refractivity contribution >= 4 is 11.9 Å². The number of amides is 1. The number of aromatic nitrogens is 1. The van der Waals surface area contributed by atoms with E-state index in [2.05, 4.69) is 10.3 Å². The molecule has 1 aromatic heterocycles. The van der Waals surface area contributed by atoms with Crippen LogP contribution in [0.25, 0.3) is 0 Å². The molecule has 1 fully saturated rings. The first-order chi connectivity index (χ1) is 9.16. The van der Waals surface area contributed by atoms with Crippen molar-refractivity contribution in [2.24, 2.45) is 11.8 Å². The Morgan fingerprint density at radius 3 is 2.53 bits per heavy atom. The lowest BCUT2D eigenvalue weighted by Crippen LogP contribution is -2.34. The van der Waals surface area contributed by atoms with Crippen molar-refractivity contribution in [3.05, 3.63) is 30.1 Å². The third kappa shape index (κ3) is 3.77. The SMILES string of the molecule is O=C(O)C1CCC(C(=O)NCc2cccnc2)CC1.